The van der Waals surface area contributed by atoms with Gasteiger partial charge in [-0.05, 0) is 18.2 Å². The van der Waals surface area contributed by atoms with Crippen molar-refractivity contribution in [2.24, 2.45) is 0 Å². The molecule has 0 aliphatic rings. The van der Waals surface area contributed by atoms with Gasteiger partial charge in [-0.2, -0.15) is 18.3 Å². The monoisotopic (exact) mass is 300 g/mol. The van der Waals surface area contributed by atoms with Crippen LogP contribution in [-0.2, 0) is 17.5 Å². The smallest absolute Gasteiger partial charge is 0.416 e. The SMILES string of the molecule is COC(=O)c1cnn(Cc2cc(C(F)(F)F)ccc2O)c1. The molecular formula is C13H11F3N2O3. The molecule has 0 bridgehead atoms. The van der Waals surface area contributed by atoms with Crippen LogP contribution in [0.4, 0.5) is 13.2 Å². The summed E-state index contributed by atoms with van der Waals surface area (Å²) in [5, 5.41) is 13.5. The summed E-state index contributed by atoms with van der Waals surface area (Å²) in [4.78, 5) is 11.3. The standard InChI is InChI=1S/C13H11F3N2O3/c1-21-12(20)9-5-17-18(7-9)6-8-4-10(13(14,15)16)2-3-11(8)19/h2-5,7,19H,6H2,1H3. The van der Waals surface area contributed by atoms with Crippen LogP contribution in [0.5, 0.6) is 5.75 Å². The van der Waals surface area contributed by atoms with E-state index in [0.717, 1.165) is 18.2 Å². The van der Waals surface area contributed by atoms with Crippen molar-refractivity contribution in [1.82, 2.24) is 9.78 Å². The topological polar surface area (TPSA) is 64.3 Å². The Morgan fingerprint density at radius 3 is 2.76 bits per heavy atom. The Morgan fingerprint density at radius 1 is 1.43 bits per heavy atom. The first-order valence-electron chi connectivity index (χ1n) is 5.81. The lowest BCUT2D eigenvalue weighted by Crippen LogP contribution is -2.07. The molecule has 112 valence electrons. The van der Waals surface area contributed by atoms with Crippen LogP contribution in [0.3, 0.4) is 0 Å². The molecule has 1 aromatic heterocycles. The number of esters is 1. The second-order valence-corrected chi connectivity index (χ2v) is 4.26. The van der Waals surface area contributed by atoms with Gasteiger partial charge >= 0.3 is 12.1 Å². The first kappa shape index (κ1) is 14.9. The molecule has 0 saturated heterocycles. The van der Waals surface area contributed by atoms with Gasteiger partial charge in [0.25, 0.3) is 0 Å². The summed E-state index contributed by atoms with van der Waals surface area (Å²) in [5.41, 5.74) is -0.649. The summed E-state index contributed by atoms with van der Waals surface area (Å²) in [6.45, 7) is -0.104. The molecule has 1 aromatic carbocycles. The number of halogens is 3. The van der Waals surface area contributed by atoms with Gasteiger partial charge in [0.1, 0.15) is 5.75 Å². The van der Waals surface area contributed by atoms with Crippen LogP contribution in [0, 0.1) is 0 Å². The summed E-state index contributed by atoms with van der Waals surface area (Å²) >= 11 is 0. The summed E-state index contributed by atoms with van der Waals surface area (Å²) in [6, 6.07) is 2.61. The third-order valence-corrected chi connectivity index (χ3v) is 2.79. The average molecular weight is 300 g/mol. The molecule has 1 N–H and O–H groups in total. The Labute approximate surface area is 117 Å². The highest BCUT2D eigenvalue weighted by Crippen LogP contribution is 2.32. The second kappa shape index (κ2) is 5.47. The minimum Gasteiger partial charge on any atom is -0.508 e. The number of carbonyl (C=O) groups is 1. The number of aromatic hydroxyl groups is 1. The Bertz CT molecular complexity index is 665. The zero-order valence-electron chi connectivity index (χ0n) is 10.9. The third kappa shape index (κ3) is 3.33. The van der Waals surface area contributed by atoms with E-state index in [2.05, 4.69) is 9.84 Å². The maximum Gasteiger partial charge on any atom is 0.416 e. The van der Waals surface area contributed by atoms with E-state index in [9.17, 15) is 23.1 Å². The lowest BCUT2D eigenvalue weighted by atomic mass is 10.1. The number of rotatable bonds is 3. The van der Waals surface area contributed by atoms with Crippen LogP contribution in [0.15, 0.2) is 30.6 Å². The number of hydrogen-bond donors (Lipinski definition) is 1. The lowest BCUT2D eigenvalue weighted by molar-refractivity contribution is -0.137. The fourth-order valence-electron chi connectivity index (χ4n) is 1.74. The van der Waals surface area contributed by atoms with Crippen LogP contribution >= 0.6 is 0 Å². The van der Waals surface area contributed by atoms with Crippen LogP contribution in [-0.4, -0.2) is 28.0 Å². The quantitative estimate of drug-likeness (QED) is 0.884. The van der Waals surface area contributed by atoms with Gasteiger partial charge in [0, 0.05) is 11.8 Å². The Kier molecular flexibility index (Phi) is 3.88. The Morgan fingerprint density at radius 2 is 2.14 bits per heavy atom. The predicted octanol–water partition coefficient (Wildman–Crippen LogP) is 2.44. The van der Waals surface area contributed by atoms with Gasteiger partial charge in [0.05, 0.1) is 31.0 Å². The van der Waals surface area contributed by atoms with E-state index in [1.807, 2.05) is 0 Å². The van der Waals surface area contributed by atoms with Crippen molar-refractivity contribution in [2.75, 3.05) is 7.11 Å². The number of nitrogens with zero attached hydrogens (tertiary/aromatic N) is 2. The van der Waals surface area contributed by atoms with E-state index >= 15 is 0 Å². The summed E-state index contributed by atoms with van der Waals surface area (Å²) in [5.74, 6) is -0.882. The van der Waals surface area contributed by atoms with Crippen molar-refractivity contribution < 1.29 is 27.8 Å². The minimum absolute atomic E-state index is 0.0457. The molecule has 8 heteroatoms. The maximum absolute atomic E-state index is 12.6. The van der Waals surface area contributed by atoms with E-state index in [-0.39, 0.29) is 23.4 Å². The molecule has 0 atom stereocenters. The molecule has 0 unspecified atom stereocenters. The molecule has 1 heterocycles. The number of alkyl halides is 3. The van der Waals surface area contributed by atoms with Gasteiger partial charge in [-0.15, -0.1) is 0 Å². The zero-order chi connectivity index (χ0) is 15.6. The lowest BCUT2D eigenvalue weighted by Gasteiger charge is -2.10. The first-order chi connectivity index (χ1) is 9.81. The molecule has 0 aliphatic heterocycles. The predicted molar refractivity (Wildman–Crippen MR) is 65.8 cm³/mol. The normalized spacial score (nSPS) is 11.4. The third-order valence-electron chi connectivity index (χ3n) is 2.79. The van der Waals surface area contributed by atoms with Crippen molar-refractivity contribution in [3.05, 3.63) is 47.3 Å². The molecule has 0 aliphatic carbocycles. The molecule has 2 aromatic rings. The number of carbonyl (C=O) groups excluding carboxylic acids is 1. The molecule has 0 radical (unpaired) electrons. The summed E-state index contributed by atoms with van der Waals surface area (Å²) < 4.78 is 43.6. The van der Waals surface area contributed by atoms with Crippen LogP contribution < -0.4 is 0 Å². The molecule has 0 fully saturated rings. The van der Waals surface area contributed by atoms with Gasteiger partial charge in [0.2, 0.25) is 0 Å². The number of phenolic OH excluding ortho intramolecular Hbond substituents is 1. The molecule has 5 nitrogen and oxygen atoms in total. The molecule has 0 saturated carbocycles. The van der Waals surface area contributed by atoms with Crippen LogP contribution in [0.25, 0.3) is 0 Å². The number of methoxy groups -OCH3 is 1. The fourth-order valence-corrected chi connectivity index (χ4v) is 1.74. The van der Waals surface area contributed by atoms with E-state index < -0.39 is 17.7 Å². The number of hydrogen-bond acceptors (Lipinski definition) is 4. The number of ether oxygens (including phenoxy) is 1. The largest absolute Gasteiger partial charge is 0.508 e. The van der Waals surface area contributed by atoms with Gasteiger partial charge in [-0.3, -0.25) is 4.68 Å². The molecule has 0 amide bonds. The highest BCUT2D eigenvalue weighted by molar-refractivity contribution is 5.88. The maximum atomic E-state index is 12.6. The average Bonchev–Trinajstić information content (AvgIpc) is 2.87. The van der Waals surface area contributed by atoms with Crippen LogP contribution in [0.2, 0.25) is 0 Å². The highest BCUT2D eigenvalue weighted by atomic mass is 19.4. The first-order valence-corrected chi connectivity index (χ1v) is 5.81. The Balaban J connectivity index is 2.27. The number of benzene rings is 1. The van der Waals surface area contributed by atoms with Crippen molar-refractivity contribution in [3.63, 3.8) is 0 Å². The molecule has 2 rings (SSSR count). The number of phenols is 1. The van der Waals surface area contributed by atoms with Crippen LogP contribution in [0.1, 0.15) is 21.5 Å². The van der Waals surface area contributed by atoms with Crippen molar-refractivity contribution in [1.29, 1.82) is 0 Å². The van der Waals surface area contributed by atoms with Crippen molar-refractivity contribution in [3.8, 4) is 5.75 Å². The van der Waals surface area contributed by atoms with E-state index in [4.69, 9.17) is 0 Å². The van der Waals surface area contributed by atoms with Gasteiger partial charge in [0.15, 0.2) is 0 Å². The molecular weight excluding hydrogens is 289 g/mol. The zero-order valence-corrected chi connectivity index (χ0v) is 10.9. The Hall–Kier alpha value is -2.51. The van der Waals surface area contributed by atoms with Gasteiger partial charge in [-0.25, -0.2) is 4.79 Å². The summed E-state index contributed by atoms with van der Waals surface area (Å²) in [7, 11) is 1.21. The van der Waals surface area contributed by atoms with Gasteiger partial charge < -0.3 is 9.84 Å². The minimum atomic E-state index is -4.50. The fraction of sp³-hybridized carbons (Fsp3) is 0.231. The number of aromatic nitrogens is 2. The highest BCUT2D eigenvalue weighted by Gasteiger charge is 2.31. The second-order valence-electron chi connectivity index (χ2n) is 4.26. The van der Waals surface area contributed by atoms with Crippen molar-refractivity contribution >= 4 is 5.97 Å². The van der Waals surface area contributed by atoms with E-state index in [0.29, 0.717) is 0 Å². The molecule has 21 heavy (non-hydrogen) atoms. The van der Waals surface area contributed by atoms with Gasteiger partial charge in [-0.1, -0.05) is 0 Å². The van der Waals surface area contributed by atoms with E-state index in [1.54, 1.807) is 0 Å². The summed E-state index contributed by atoms with van der Waals surface area (Å²) in [6.07, 6.45) is -1.94. The van der Waals surface area contributed by atoms with E-state index in [1.165, 1.54) is 24.2 Å². The van der Waals surface area contributed by atoms with Crippen molar-refractivity contribution in [2.45, 2.75) is 12.7 Å². The molecule has 0 spiro atoms.